The van der Waals surface area contributed by atoms with E-state index in [2.05, 4.69) is 24.7 Å². The van der Waals surface area contributed by atoms with Crippen molar-refractivity contribution in [1.82, 2.24) is 19.9 Å². The fraction of sp³-hybridized carbons (Fsp3) is 0.286. The summed E-state index contributed by atoms with van der Waals surface area (Å²) in [5.41, 5.74) is 1.31. The van der Waals surface area contributed by atoms with Gasteiger partial charge >= 0.3 is 11.9 Å². The largest absolute Gasteiger partial charge is 0.476 e. The van der Waals surface area contributed by atoms with Gasteiger partial charge in [-0.15, -0.1) is 0 Å². The van der Waals surface area contributed by atoms with E-state index in [1.54, 1.807) is 13.8 Å². The van der Waals surface area contributed by atoms with E-state index in [-0.39, 0.29) is 18.8 Å². The van der Waals surface area contributed by atoms with Gasteiger partial charge in [0.25, 0.3) is 0 Å². The molecule has 22 heavy (non-hydrogen) atoms. The van der Waals surface area contributed by atoms with E-state index in [1.807, 2.05) is 0 Å². The minimum atomic E-state index is -1.04. The van der Waals surface area contributed by atoms with Crippen LogP contribution in [0.15, 0.2) is 24.8 Å². The molecule has 0 unspecified atom stereocenters. The Morgan fingerprint density at radius 3 is 1.64 bits per heavy atom. The van der Waals surface area contributed by atoms with Gasteiger partial charge in [-0.2, -0.15) is 0 Å². The molecule has 0 aliphatic heterocycles. The lowest BCUT2D eigenvalue weighted by Gasteiger charge is -1.98. The minimum absolute atomic E-state index is 0. The number of ether oxygens (including phenoxy) is 1. The number of aryl methyl sites for hydroxylation is 2. The monoisotopic (exact) mass is 306 g/mol. The third-order valence-corrected chi connectivity index (χ3v) is 2.34. The SMILES string of the molecule is C.COC(=O)c1nccnc1C.Cc1nccnc1C(=O)O. The Morgan fingerprint density at radius 2 is 1.32 bits per heavy atom. The third kappa shape index (κ3) is 5.23. The van der Waals surface area contributed by atoms with Gasteiger partial charge in [-0.25, -0.2) is 19.6 Å². The summed E-state index contributed by atoms with van der Waals surface area (Å²) >= 11 is 0. The summed E-state index contributed by atoms with van der Waals surface area (Å²) in [5, 5.41) is 8.46. The number of methoxy groups -OCH3 is 1. The van der Waals surface area contributed by atoms with E-state index in [0.717, 1.165) is 0 Å². The van der Waals surface area contributed by atoms with Crippen LogP contribution in [-0.4, -0.2) is 44.1 Å². The van der Waals surface area contributed by atoms with E-state index in [9.17, 15) is 9.59 Å². The Kier molecular flexibility index (Phi) is 7.91. The Bertz CT molecular complexity index is 646. The van der Waals surface area contributed by atoms with Crippen LogP contribution in [-0.2, 0) is 4.74 Å². The lowest BCUT2D eigenvalue weighted by atomic mass is 10.3. The predicted octanol–water partition coefficient (Wildman–Crippen LogP) is 1.69. The second-order valence-corrected chi connectivity index (χ2v) is 3.78. The number of carbonyl (C=O) groups is 2. The van der Waals surface area contributed by atoms with Gasteiger partial charge in [0.1, 0.15) is 0 Å². The Morgan fingerprint density at radius 1 is 0.909 bits per heavy atom. The summed E-state index contributed by atoms with van der Waals surface area (Å²) in [6.07, 6.45) is 5.80. The average Bonchev–Trinajstić information content (AvgIpc) is 2.48. The molecule has 0 aliphatic carbocycles. The molecule has 8 heteroatoms. The van der Waals surface area contributed by atoms with Crippen molar-refractivity contribution in [3.63, 3.8) is 0 Å². The number of hydrogen-bond acceptors (Lipinski definition) is 7. The summed E-state index contributed by atoms with van der Waals surface area (Å²) in [7, 11) is 1.32. The minimum Gasteiger partial charge on any atom is -0.476 e. The zero-order valence-corrected chi connectivity index (χ0v) is 11.8. The molecule has 0 saturated carbocycles. The second-order valence-electron chi connectivity index (χ2n) is 3.78. The van der Waals surface area contributed by atoms with Crippen LogP contribution in [0.25, 0.3) is 0 Å². The topological polar surface area (TPSA) is 115 Å². The molecule has 118 valence electrons. The van der Waals surface area contributed by atoms with Crippen LogP contribution < -0.4 is 0 Å². The van der Waals surface area contributed by atoms with Gasteiger partial charge in [0.05, 0.1) is 18.5 Å². The molecule has 0 fully saturated rings. The molecule has 0 bridgehead atoms. The van der Waals surface area contributed by atoms with Gasteiger partial charge in [0.15, 0.2) is 11.4 Å². The lowest BCUT2D eigenvalue weighted by Crippen LogP contribution is -2.07. The van der Waals surface area contributed by atoms with E-state index in [0.29, 0.717) is 11.4 Å². The van der Waals surface area contributed by atoms with Crippen molar-refractivity contribution in [3.8, 4) is 0 Å². The highest BCUT2D eigenvalue weighted by Crippen LogP contribution is 2.00. The number of carboxylic acids is 1. The molecule has 0 aromatic carbocycles. The molecular weight excluding hydrogens is 288 g/mol. The van der Waals surface area contributed by atoms with E-state index < -0.39 is 11.9 Å². The maximum atomic E-state index is 10.9. The van der Waals surface area contributed by atoms with Crippen molar-refractivity contribution in [1.29, 1.82) is 0 Å². The van der Waals surface area contributed by atoms with Crippen LogP contribution in [0.5, 0.6) is 0 Å². The molecule has 8 nitrogen and oxygen atoms in total. The molecule has 2 rings (SSSR count). The maximum absolute atomic E-state index is 10.9. The Balaban J connectivity index is 0.000000385. The highest BCUT2D eigenvalue weighted by atomic mass is 16.5. The standard InChI is InChI=1S/C7H8N2O2.C6H6N2O2.CH4/c1-5-6(7(10)11-2)9-4-3-8-5;1-4-5(6(9)10)8-3-2-7-4;/h3-4H,1-2H3;2-3H,1H3,(H,9,10);1H4. The van der Waals surface area contributed by atoms with Crippen LogP contribution in [0.4, 0.5) is 0 Å². The predicted molar refractivity (Wildman–Crippen MR) is 78.6 cm³/mol. The molecule has 0 saturated heterocycles. The van der Waals surface area contributed by atoms with Crippen molar-refractivity contribution >= 4 is 11.9 Å². The van der Waals surface area contributed by atoms with Crippen LogP contribution >= 0.6 is 0 Å². The van der Waals surface area contributed by atoms with E-state index in [1.165, 1.54) is 31.9 Å². The quantitative estimate of drug-likeness (QED) is 0.833. The molecule has 2 aromatic heterocycles. The normalized spacial score (nSPS) is 8.86. The molecule has 0 atom stereocenters. The van der Waals surface area contributed by atoms with Crippen molar-refractivity contribution < 1.29 is 19.4 Å². The number of aromatic nitrogens is 4. The summed E-state index contributed by atoms with van der Waals surface area (Å²) in [4.78, 5) is 36.3. The third-order valence-electron chi connectivity index (χ3n) is 2.34. The Labute approximate surface area is 128 Å². The summed E-state index contributed by atoms with van der Waals surface area (Å²) in [5.74, 6) is -1.48. The van der Waals surface area contributed by atoms with Crippen molar-refractivity contribution in [2.45, 2.75) is 21.3 Å². The highest BCUT2D eigenvalue weighted by Gasteiger charge is 2.09. The summed E-state index contributed by atoms with van der Waals surface area (Å²) in [6, 6.07) is 0. The first kappa shape index (κ1) is 19.1. The zero-order chi connectivity index (χ0) is 15.8. The number of carbonyl (C=O) groups excluding carboxylic acids is 1. The van der Waals surface area contributed by atoms with Crippen molar-refractivity contribution in [2.24, 2.45) is 0 Å². The molecule has 2 aromatic rings. The Hall–Kier alpha value is -2.90. The van der Waals surface area contributed by atoms with Crippen molar-refractivity contribution in [2.75, 3.05) is 7.11 Å². The first-order valence-electron chi connectivity index (χ1n) is 5.84. The number of esters is 1. The smallest absolute Gasteiger partial charge is 0.358 e. The summed E-state index contributed by atoms with van der Waals surface area (Å²) in [6.45, 7) is 3.32. The van der Waals surface area contributed by atoms with Gasteiger partial charge in [-0.1, -0.05) is 7.43 Å². The number of aromatic carboxylic acids is 1. The van der Waals surface area contributed by atoms with Gasteiger partial charge in [0, 0.05) is 24.8 Å². The number of rotatable bonds is 2. The molecule has 0 spiro atoms. The van der Waals surface area contributed by atoms with Crippen LogP contribution in [0.1, 0.15) is 39.8 Å². The fourth-order valence-electron chi connectivity index (χ4n) is 1.32. The van der Waals surface area contributed by atoms with E-state index >= 15 is 0 Å². The second kappa shape index (κ2) is 9.11. The van der Waals surface area contributed by atoms with Gasteiger partial charge in [-0.3, -0.25) is 9.97 Å². The van der Waals surface area contributed by atoms with Gasteiger partial charge in [-0.05, 0) is 13.8 Å². The number of nitrogens with zero attached hydrogens (tertiary/aromatic N) is 4. The van der Waals surface area contributed by atoms with Crippen LogP contribution in [0, 0.1) is 13.8 Å². The molecule has 0 aliphatic rings. The van der Waals surface area contributed by atoms with E-state index in [4.69, 9.17) is 5.11 Å². The first-order chi connectivity index (χ1) is 9.97. The maximum Gasteiger partial charge on any atom is 0.358 e. The van der Waals surface area contributed by atoms with Gasteiger partial charge < -0.3 is 9.84 Å². The molecule has 2 heterocycles. The lowest BCUT2D eigenvalue weighted by molar-refractivity contribution is 0.0591. The highest BCUT2D eigenvalue weighted by molar-refractivity contribution is 5.88. The average molecular weight is 306 g/mol. The molecule has 1 N–H and O–H groups in total. The van der Waals surface area contributed by atoms with Crippen molar-refractivity contribution in [3.05, 3.63) is 47.6 Å². The fourth-order valence-corrected chi connectivity index (χ4v) is 1.32. The zero-order valence-electron chi connectivity index (χ0n) is 11.8. The van der Waals surface area contributed by atoms with Gasteiger partial charge in [0.2, 0.25) is 0 Å². The first-order valence-corrected chi connectivity index (χ1v) is 5.84. The van der Waals surface area contributed by atoms with Crippen LogP contribution in [0.3, 0.4) is 0 Å². The molecule has 0 radical (unpaired) electrons. The summed E-state index contributed by atoms with van der Waals surface area (Å²) < 4.78 is 4.48. The number of hydrogen-bond donors (Lipinski definition) is 1. The number of carboxylic acid groups (broad SMARTS) is 1. The van der Waals surface area contributed by atoms with Crippen LogP contribution in [0.2, 0.25) is 0 Å². The molecule has 0 amide bonds. The molecular formula is C14H18N4O4.